The van der Waals surface area contributed by atoms with Crippen molar-refractivity contribution < 1.29 is 14.3 Å². The Morgan fingerprint density at radius 3 is 2.65 bits per heavy atom. The molecular formula is C23H22FN5O2. The van der Waals surface area contributed by atoms with Crippen molar-refractivity contribution in [3.63, 3.8) is 0 Å². The molecule has 158 valence electrons. The normalized spacial score (nSPS) is 12.2. The molecule has 1 atom stereocenters. The minimum atomic E-state index is -1.48. The number of rotatable bonds is 4. The van der Waals surface area contributed by atoms with E-state index in [0.29, 0.717) is 17.2 Å². The van der Waals surface area contributed by atoms with E-state index in [4.69, 9.17) is 5.73 Å². The zero-order valence-corrected chi connectivity index (χ0v) is 17.3. The number of anilines is 2. The van der Waals surface area contributed by atoms with Crippen LogP contribution in [0.25, 0.3) is 16.8 Å². The molecule has 0 spiro atoms. The molecule has 31 heavy (non-hydrogen) atoms. The molecule has 2 heterocycles. The van der Waals surface area contributed by atoms with Crippen molar-refractivity contribution >= 4 is 22.9 Å². The molecule has 0 bridgehead atoms. The minimum Gasteiger partial charge on any atom is -0.382 e. The van der Waals surface area contributed by atoms with Gasteiger partial charge in [0, 0.05) is 17.4 Å². The van der Waals surface area contributed by atoms with Gasteiger partial charge in [0.2, 0.25) is 0 Å². The van der Waals surface area contributed by atoms with E-state index in [1.54, 1.807) is 12.1 Å². The molecule has 0 saturated carbocycles. The molecule has 2 aromatic heterocycles. The number of fused-ring (bicyclic) bond motifs is 1. The second kappa shape index (κ2) is 7.81. The van der Waals surface area contributed by atoms with Gasteiger partial charge in [0.1, 0.15) is 28.7 Å². The van der Waals surface area contributed by atoms with Gasteiger partial charge >= 0.3 is 0 Å². The highest BCUT2D eigenvalue weighted by Gasteiger charge is 2.20. The van der Waals surface area contributed by atoms with Gasteiger partial charge in [-0.3, -0.25) is 9.20 Å². The van der Waals surface area contributed by atoms with Crippen molar-refractivity contribution in [1.29, 1.82) is 0 Å². The van der Waals surface area contributed by atoms with Crippen molar-refractivity contribution in [2.24, 2.45) is 0 Å². The molecule has 1 unspecified atom stereocenters. The number of benzene rings is 2. The van der Waals surface area contributed by atoms with Crippen molar-refractivity contribution in [1.82, 2.24) is 14.4 Å². The zero-order valence-electron chi connectivity index (χ0n) is 17.3. The lowest BCUT2D eigenvalue weighted by atomic mass is 10.0. The summed E-state index contributed by atoms with van der Waals surface area (Å²) in [4.78, 5) is 21.4. The van der Waals surface area contributed by atoms with Gasteiger partial charge in [-0.05, 0) is 56.2 Å². The lowest BCUT2D eigenvalue weighted by Gasteiger charge is -2.13. The van der Waals surface area contributed by atoms with Crippen LogP contribution in [0.5, 0.6) is 0 Å². The fourth-order valence-electron chi connectivity index (χ4n) is 3.64. The SMILES string of the molecule is Cc1cn2c(C)nc(-c3ccc(NC(=O)C(O)c4cccc(F)c4)cc3C)c2c(N)n1. The van der Waals surface area contributed by atoms with Gasteiger partial charge in [0.05, 0.1) is 5.69 Å². The Bertz CT molecular complexity index is 1320. The molecule has 0 fully saturated rings. The Balaban J connectivity index is 1.64. The number of aliphatic hydroxyl groups excluding tert-OH is 1. The standard InChI is InChI=1S/C23H22FN5O2/c1-12-9-17(28-23(31)21(30)15-5-4-6-16(24)10-15)7-8-18(12)19-20-22(25)26-13(2)11-29(20)14(3)27-19/h4-11,21,30H,1-3H3,(H2,25,26)(H,28,31). The number of aryl methyl sites for hydroxylation is 3. The zero-order chi connectivity index (χ0) is 22.3. The number of nitrogens with two attached hydrogens (primary N) is 1. The number of carbonyl (C=O) groups is 1. The third-order valence-corrected chi connectivity index (χ3v) is 5.10. The highest BCUT2D eigenvalue weighted by atomic mass is 19.1. The van der Waals surface area contributed by atoms with E-state index >= 15 is 0 Å². The summed E-state index contributed by atoms with van der Waals surface area (Å²) in [6.45, 7) is 5.66. The van der Waals surface area contributed by atoms with Crippen LogP contribution in [-0.2, 0) is 4.79 Å². The Labute approximate surface area is 178 Å². The predicted octanol–water partition coefficient (Wildman–Crippen LogP) is 3.71. The Morgan fingerprint density at radius 1 is 1.16 bits per heavy atom. The summed E-state index contributed by atoms with van der Waals surface area (Å²) >= 11 is 0. The van der Waals surface area contributed by atoms with Crippen LogP contribution in [0, 0.1) is 26.6 Å². The summed E-state index contributed by atoms with van der Waals surface area (Å²) in [5.74, 6) is 0.0174. The van der Waals surface area contributed by atoms with Crippen molar-refractivity contribution in [2.75, 3.05) is 11.1 Å². The van der Waals surface area contributed by atoms with Crippen LogP contribution < -0.4 is 11.1 Å². The second-order valence-corrected chi connectivity index (χ2v) is 7.47. The second-order valence-electron chi connectivity index (χ2n) is 7.47. The smallest absolute Gasteiger partial charge is 0.257 e. The molecule has 0 saturated heterocycles. The van der Waals surface area contributed by atoms with E-state index in [1.165, 1.54) is 18.2 Å². The molecule has 0 aliphatic heterocycles. The maximum Gasteiger partial charge on any atom is 0.257 e. The topological polar surface area (TPSA) is 106 Å². The largest absolute Gasteiger partial charge is 0.382 e. The molecule has 4 aromatic rings. The van der Waals surface area contributed by atoms with Gasteiger partial charge < -0.3 is 16.2 Å². The number of hydrogen-bond donors (Lipinski definition) is 3. The van der Waals surface area contributed by atoms with E-state index in [1.807, 2.05) is 37.4 Å². The summed E-state index contributed by atoms with van der Waals surface area (Å²) in [7, 11) is 0. The van der Waals surface area contributed by atoms with E-state index in [9.17, 15) is 14.3 Å². The maximum absolute atomic E-state index is 13.4. The molecule has 4 rings (SSSR count). The Kier molecular flexibility index (Phi) is 5.16. The van der Waals surface area contributed by atoms with E-state index in [2.05, 4.69) is 15.3 Å². The first kappa shape index (κ1) is 20.5. The molecule has 2 aromatic carbocycles. The van der Waals surface area contributed by atoms with Crippen LogP contribution >= 0.6 is 0 Å². The van der Waals surface area contributed by atoms with Crippen molar-refractivity contribution in [3.8, 4) is 11.3 Å². The average Bonchev–Trinajstić information content (AvgIpc) is 3.04. The number of nitrogens with one attached hydrogen (secondary N) is 1. The fraction of sp³-hybridized carbons (Fsp3) is 0.174. The summed E-state index contributed by atoms with van der Waals surface area (Å²) in [6.07, 6.45) is 0.402. The fourth-order valence-corrected chi connectivity index (χ4v) is 3.64. The quantitative estimate of drug-likeness (QED) is 0.468. The van der Waals surface area contributed by atoms with Crippen LogP contribution in [0.4, 0.5) is 15.9 Å². The summed E-state index contributed by atoms with van der Waals surface area (Å²) < 4.78 is 15.3. The number of halogens is 1. The number of amides is 1. The van der Waals surface area contributed by atoms with Gasteiger partial charge in [-0.1, -0.05) is 18.2 Å². The average molecular weight is 419 g/mol. The monoisotopic (exact) mass is 419 g/mol. The van der Waals surface area contributed by atoms with Crippen LogP contribution in [-0.4, -0.2) is 25.4 Å². The lowest BCUT2D eigenvalue weighted by Crippen LogP contribution is -2.21. The summed E-state index contributed by atoms with van der Waals surface area (Å²) in [6, 6.07) is 10.7. The summed E-state index contributed by atoms with van der Waals surface area (Å²) in [5, 5.41) is 12.9. The number of aromatic nitrogens is 3. The van der Waals surface area contributed by atoms with Crippen LogP contribution in [0.15, 0.2) is 48.7 Å². The molecule has 0 radical (unpaired) electrons. The number of aliphatic hydroxyl groups is 1. The molecular weight excluding hydrogens is 397 g/mol. The van der Waals surface area contributed by atoms with Crippen LogP contribution in [0.3, 0.4) is 0 Å². The predicted molar refractivity (Wildman–Crippen MR) is 117 cm³/mol. The van der Waals surface area contributed by atoms with Crippen molar-refractivity contribution in [2.45, 2.75) is 26.9 Å². The third kappa shape index (κ3) is 3.85. The van der Waals surface area contributed by atoms with Gasteiger partial charge in [-0.25, -0.2) is 14.4 Å². The van der Waals surface area contributed by atoms with E-state index in [0.717, 1.165) is 34.2 Å². The summed E-state index contributed by atoms with van der Waals surface area (Å²) in [5.41, 5.74) is 10.8. The number of nitrogens with zero attached hydrogens (tertiary/aromatic N) is 3. The minimum absolute atomic E-state index is 0.184. The van der Waals surface area contributed by atoms with Crippen LogP contribution in [0.2, 0.25) is 0 Å². The van der Waals surface area contributed by atoms with Gasteiger partial charge in [-0.2, -0.15) is 0 Å². The molecule has 1 amide bonds. The first-order chi connectivity index (χ1) is 14.7. The van der Waals surface area contributed by atoms with Gasteiger partial charge in [0.25, 0.3) is 5.91 Å². The highest BCUT2D eigenvalue weighted by Crippen LogP contribution is 2.32. The van der Waals surface area contributed by atoms with Crippen LogP contribution in [0.1, 0.15) is 28.7 Å². The molecule has 7 nitrogen and oxygen atoms in total. The van der Waals surface area contributed by atoms with E-state index < -0.39 is 17.8 Å². The van der Waals surface area contributed by atoms with Crippen molar-refractivity contribution in [3.05, 3.63) is 77.1 Å². The number of hydrogen-bond acceptors (Lipinski definition) is 5. The Hall–Kier alpha value is -3.78. The number of carbonyl (C=O) groups excluding carboxylic acids is 1. The molecule has 0 aliphatic rings. The number of imidazole rings is 1. The molecule has 8 heteroatoms. The Morgan fingerprint density at radius 2 is 1.94 bits per heavy atom. The number of nitrogen functional groups attached to an aromatic ring is 1. The first-order valence-corrected chi connectivity index (χ1v) is 9.72. The molecule has 0 aliphatic carbocycles. The van der Waals surface area contributed by atoms with Gasteiger partial charge in [-0.15, -0.1) is 0 Å². The van der Waals surface area contributed by atoms with E-state index in [-0.39, 0.29) is 5.56 Å². The lowest BCUT2D eigenvalue weighted by molar-refractivity contribution is -0.124. The van der Waals surface area contributed by atoms with Gasteiger partial charge in [0.15, 0.2) is 6.10 Å². The molecule has 4 N–H and O–H groups in total. The maximum atomic E-state index is 13.4. The first-order valence-electron chi connectivity index (χ1n) is 9.72. The third-order valence-electron chi connectivity index (χ3n) is 5.10. The highest BCUT2D eigenvalue weighted by molar-refractivity contribution is 5.95.